The van der Waals surface area contributed by atoms with E-state index in [9.17, 15) is 14.9 Å². The molecule has 214 valence electrons. The molecular weight excluding hydrogens is 548 g/mol. The van der Waals surface area contributed by atoms with E-state index in [1.807, 2.05) is 12.1 Å². The molecule has 0 bridgehead atoms. The molecule has 1 saturated heterocycles. The third-order valence-corrected chi connectivity index (χ3v) is 9.96. The molecule has 3 aromatic carbocycles. The molecule has 0 aliphatic carbocycles. The fourth-order valence-electron chi connectivity index (χ4n) is 6.33. The largest absolute Gasteiger partial charge is 0.368 e. The fourth-order valence-corrected chi connectivity index (χ4v) is 7.50. The van der Waals surface area contributed by atoms with Crippen LogP contribution in [-0.4, -0.2) is 57.0 Å². The molecule has 42 heavy (non-hydrogen) atoms. The standard InChI is InChI=1S/C32H32N6O3S/c1-22(23-9-11-25(12-10-23)38(40)41)37-19-27-29(20-37)42-31-30(27)32(39)36(21-33-31)18-15-34-13-16-35(17-14-34)28-8-4-6-24-5-2-3-7-26(24)28/h2-12,21-22H,13-20H2,1H3. The number of nitro groups is 1. The van der Waals surface area contributed by atoms with Gasteiger partial charge < -0.3 is 4.90 Å². The average Bonchev–Trinajstić information content (AvgIpc) is 3.59. The Hall–Kier alpha value is -4.12. The zero-order valence-corrected chi connectivity index (χ0v) is 24.3. The molecule has 0 amide bonds. The summed E-state index contributed by atoms with van der Waals surface area (Å²) in [4.78, 5) is 38.2. The van der Waals surface area contributed by atoms with Crippen molar-refractivity contribution in [1.29, 1.82) is 0 Å². The van der Waals surface area contributed by atoms with Crippen molar-refractivity contribution in [3.63, 3.8) is 0 Å². The third-order valence-electron chi connectivity index (χ3n) is 8.84. The summed E-state index contributed by atoms with van der Waals surface area (Å²) in [6.45, 7) is 8.78. The lowest BCUT2D eigenvalue weighted by atomic mass is 10.1. The highest BCUT2D eigenvalue weighted by Gasteiger charge is 2.30. The van der Waals surface area contributed by atoms with Crippen LogP contribution in [0.3, 0.4) is 0 Å². The molecule has 1 atom stereocenters. The molecule has 0 N–H and O–H groups in total. The van der Waals surface area contributed by atoms with Crippen molar-refractivity contribution in [3.8, 4) is 0 Å². The van der Waals surface area contributed by atoms with Crippen LogP contribution < -0.4 is 10.5 Å². The second-order valence-electron chi connectivity index (χ2n) is 11.2. The summed E-state index contributed by atoms with van der Waals surface area (Å²) in [5.41, 5.74) is 3.53. The van der Waals surface area contributed by atoms with Crippen molar-refractivity contribution in [2.75, 3.05) is 37.6 Å². The predicted octanol–water partition coefficient (Wildman–Crippen LogP) is 5.42. The van der Waals surface area contributed by atoms with Crippen molar-refractivity contribution >= 4 is 43.7 Å². The van der Waals surface area contributed by atoms with E-state index in [0.29, 0.717) is 13.1 Å². The summed E-state index contributed by atoms with van der Waals surface area (Å²) in [5.74, 6) is 0. The maximum atomic E-state index is 13.7. The first-order valence-electron chi connectivity index (χ1n) is 14.4. The van der Waals surface area contributed by atoms with E-state index in [2.05, 4.69) is 69.1 Å². The second-order valence-corrected chi connectivity index (χ2v) is 12.3. The molecule has 1 fully saturated rings. The molecule has 7 rings (SSSR count). The minimum Gasteiger partial charge on any atom is -0.368 e. The number of piperazine rings is 1. The van der Waals surface area contributed by atoms with Gasteiger partial charge in [0.1, 0.15) is 4.83 Å². The zero-order chi connectivity index (χ0) is 28.8. The molecule has 2 aliphatic rings. The number of hydrogen-bond acceptors (Lipinski definition) is 8. The van der Waals surface area contributed by atoms with Gasteiger partial charge in [-0.15, -0.1) is 11.3 Å². The summed E-state index contributed by atoms with van der Waals surface area (Å²) in [7, 11) is 0. The molecule has 9 nitrogen and oxygen atoms in total. The minimum atomic E-state index is -0.377. The van der Waals surface area contributed by atoms with Crippen LogP contribution in [-0.2, 0) is 19.6 Å². The number of aromatic nitrogens is 2. The van der Waals surface area contributed by atoms with Crippen molar-refractivity contribution < 1.29 is 4.92 Å². The van der Waals surface area contributed by atoms with Crippen LogP contribution in [0.15, 0.2) is 77.9 Å². The van der Waals surface area contributed by atoms with Crippen LogP contribution in [0.5, 0.6) is 0 Å². The first kappa shape index (κ1) is 26.8. The highest BCUT2D eigenvalue weighted by atomic mass is 32.1. The molecule has 1 unspecified atom stereocenters. The van der Waals surface area contributed by atoms with E-state index in [1.54, 1.807) is 34.4 Å². The van der Waals surface area contributed by atoms with E-state index >= 15 is 0 Å². The summed E-state index contributed by atoms with van der Waals surface area (Å²) >= 11 is 1.61. The van der Waals surface area contributed by atoms with Gasteiger partial charge in [0.25, 0.3) is 11.2 Å². The zero-order valence-electron chi connectivity index (χ0n) is 23.5. The Labute approximate surface area is 247 Å². The maximum Gasteiger partial charge on any atom is 0.269 e. The number of hydrogen-bond donors (Lipinski definition) is 0. The molecule has 0 spiro atoms. The van der Waals surface area contributed by atoms with Crippen LogP contribution in [0.25, 0.3) is 21.0 Å². The molecule has 0 saturated carbocycles. The molecule has 2 aliphatic heterocycles. The number of non-ortho nitro benzene ring substituents is 1. The Balaban J connectivity index is 1.01. The molecule has 2 aromatic heterocycles. The van der Waals surface area contributed by atoms with Gasteiger partial charge in [0.05, 0.1) is 16.6 Å². The first-order chi connectivity index (χ1) is 20.5. The van der Waals surface area contributed by atoms with Crippen molar-refractivity contribution in [2.24, 2.45) is 0 Å². The minimum absolute atomic E-state index is 0.0386. The number of rotatable bonds is 7. The van der Waals surface area contributed by atoms with Crippen LogP contribution in [0.2, 0.25) is 0 Å². The van der Waals surface area contributed by atoms with Crippen molar-refractivity contribution in [1.82, 2.24) is 19.4 Å². The van der Waals surface area contributed by atoms with Gasteiger partial charge in [-0.2, -0.15) is 0 Å². The topological polar surface area (TPSA) is 87.8 Å². The van der Waals surface area contributed by atoms with Gasteiger partial charge in [0.2, 0.25) is 0 Å². The normalized spacial score (nSPS) is 16.7. The number of nitro benzene ring substituents is 1. The molecule has 0 radical (unpaired) electrons. The smallest absolute Gasteiger partial charge is 0.269 e. The van der Waals surface area contributed by atoms with Crippen molar-refractivity contribution in [2.45, 2.75) is 32.6 Å². The second kappa shape index (κ2) is 10.9. The summed E-state index contributed by atoms with van der Waals surface area (Å²) in [6.07, 6.45) is 1.71. The van der Waals surface area contributed by atoms with Gasteiger partial charge in [-0.05, 0) is 29.5 Å². The van der Waals surface area contributed by atoms with E-state index in [-0.39, 0.29) is 22.2 Å². The number of benzene rings is 3. The lowest BCUT2D eigenvalue weighted by Gasteiger charge is -2.36. The van der Waals surface area contributed by atoms with E-state index in [1.165, 1.54) is 21.3 Å². The van der Waals surface area contributed by atoms with Gasteiger partial charge in [0, 0.05) is 86.5 Å². The van der Waals surface area contributed by atoms with E-state index < -0.39 is 0 Å². The van der Waals surface area contributed by atoms with Gasteiger partial charge in [-0.25, -0.2) is 4.98 Å². The maximum absolute atomic E-state index is 13.7. The Morgan fingerprint density at radius 1 is 0.952 bits per heavy atom. The molecule has 5 aromatic rings. The summed E-state index contributed by atoms with van der Waals surface area (Å²) < 4.78 is 1.77. The predicted molar refractivity (Wildman–Crippen MR) is 167 cm³/mol. The Morgan fingerprint density at radius 3 is 2.50 bits per heavy atom. The van der Waals surface area contributed by atoms with Gasteiger partial charge in [0.15, 0.2) is 0 Å². The van der Waals surface area contributed by atoms with Gasteiger partial charge in [-0.1, -0.05) is 48.5 Å². The number of anilines is 1. The molecule has 4 heterocycles. The number of thiophene rings is 1. The Kier molecular flexibility index (Phi) is 6.97. The number of fused-ring (bicyclic) bond motifs is 4. The van der Waals surface area contributed by atoms with Gasteiger partial charge in [-0.3, -0.25) is 29.3 Å². The quantitative estimate of drug-likeness (QED) is 0.188. The third kappa shape index (κ3) is 4.85. The monoisotopic (exact) mass is 580 g/mol. The van der Waals surface area contributed by atoms with Crippen LogP contribution in [0.1, 0.15) is 29.0 Å². The van der Waals surface area contributed by atoms with E-state index in [0.717, 1.165) is 60.6 Å². The van der Waals surface area contributed by atoms with Crippen LogP contribution in [0, 0.1) is 10.1 Å². The van der Waals surface area contributed by atoms with Gasteiger partial charge >= 0.3 is 0 Å². The fraction of sp³-hybridized carbons (Fsp3) is 0.312. The van der Waals surface area contributed by atoms with Crippen LogP contribution >= 0.6 is 11.3 Å². The average molecular weight is 581 g/mol. The lowest BCUT2D eigenvalue weighted by Crippen LogP contribution is -2.47. The Morgan fingerprint density at radius 2 is 1.71 bits per heavy atom. The highest BCUT2D eigenvalue weighted by Crippen LogP contribution is 2.39. The Bertz CT molecular complexity index is 1840. The van der Waals surface area contributed by atoms with E-state index in [4.69, 9.17) is 0 Å². The summed E-state index contributed by atoms with van der Waals surface area (Å²) in [5, 5.41) is 14.3. The molecular formula is C32H32N6O3S. The molecule has 10 heteroatoms. The van der Waals surface area contributed by atoms with Crippen molar-refractivity contribution in [3.05, 3.63) is 110 Å². The van der Waals surface area contributed by atoms with Crippen LogP contribution in [0.4, 0.5) is 11.4 Å². The number of nitrogens with zero attached hydrogens (tertiary/aromatic N) is 6. The first-order valence-corrected chi connectivity index (χ1v) is 15.2. The summed E-state index contributed by atoms with van der Waals surface area (Å²) in [6, 6.07) is 21.9. The lowest BCUT2D eigenvalue weighted by molar-refractivity contribution is -0.384. The SMILES string of the molecule is CC(c1ccc([N+](=O)[O-])cc1)N1Cc2sc3ncn(CCN4CCN(c5cccc6ccccc56)CC4)c(=O)c3c2C1. The highest BCUT2D eigenvalue weighted by molar-refractivity contribution is 7.18.